The fourth-order valence-corrected chi connectivity index (χ4v) is 1.70. The smallest absolute Gasteiger partial charge is 0.234 e. The Morgan fingerprint density at radius 3 is 2.22 bits per heavy atom. The Labute approximate surface area is 117 Å². The molecule has 0 aliphatic heterocycles. The van der Waals surface area contributed by atoms with Gasteiger partial charge in [0.15, 0.2) is 0 Å². The fourth-order valence-electron chi connectivity index (χ4n) is 1.57. The molecule has 0 aliphatic carbocycles. The molecule has 1 aromatic rings. The first kappa shape index (κ1) is 15.0. The van der Waals surface area contributed by atoms with Crippen LogP contribution in [-0.4, -0.2) is 17.8 Å². The molecule has 0 fully saturated rings. The topological polar surface area (TPSA) is 38.3 Å². The molecule has 1 N–H and O–H groups in total. The standard InChI is InChI=1S/C14H20BrNO2/c1-9(2)13(15)14(17)16-10(3)11-5-7-12(18-4)8-6-11/h5-10,13H,1-4H3,(H,16,17)/t10-,13?/m1/s1. The van der Waals surface area contributed by atoms with Gasteiger partial charge in [0.2, 0.25) is 5.91 Å². The van der Waals surface area contributed by atoms with Crippen LogP contribution in [-0.2, 0) is 4.79 Å². The van der Waals surface area contributed by atoms with Crippen molar-refractivity contribution in [1.29, 1.82) is 0 Å². The van der Waals surface area contributed by atoms with Gasteiger partial charge in [-0.2, -0.15) is 0 Å². The van der Waals surface area contributed by atoms with Gasteiger partial charge in [-0.1, -0.05) is 41.9 Å². The third kappa shape index (κ3) is 4.02. The summed E-state index contributed by atoms with van der Waals surface area (Å²) in [6.07, 6.45) is 0. The van der Waals surface area contributed by atoms with E-state index in [9.17, 15) is 4.79 Å². The van der Waals surface area contributed by atoms with Gasteiger partial charge in [0.25, 0.3) is 0 Å². The average molecular weight is 314 g/mol. The molecule has 1 unspecified atom stereocenters. The lowest BCUT2D eigenvalue weighted by Crippen LogP contribution is -2.35. The van der Waals surface area contributed by atoms with Crippen LogP contribution in [0.3, 0.4) is 0 Å². The van der Waals surface area contributed by atoms with Gasteiger partial charge in [-0.05, 0) is 30.5 Å². The monoisotopic (exact) mass is 313 g/mol. The van der Waals surface area contributed by atoms with Crippen molar-refractivity contribution < 1.29 is 9.53 Å². The van der Waals surface area contributed by atoms with Crippen LogP contribution in [0, 0.1) is 5.92 Å². The zero-order valence-corrected chi connectivity index (χ0v) is 12.8. The molecule has 0 spiro atoms. The molecule has 100 valence electrons. The Kier molecular flexibility index (Phi) is 5.66. The highest BCUT2D eigenvalue weighted by atomic mass is 79.9. The molecule has 1 amide bonds. The molecule has 1 aromatic carbocycles. The summed E-state index contributed by atoms with van der Waals surface area (Å²) in [4.78, 5) is 11.8. The summed E-state index contributed by atoms with van der Waals surface area (Å²) in [5.74, 6) is 1.11. The van der Waals surface area contributed by atoms with Gasteiger partial charge >= 0.3 is 0 Å². The molecule has 0 saturated heterocycles. The van der Waals surface area contributed by atoms with Crippen molar-refractivity contribution in [3.8, 4) is 5.75 Å². The molecule has 0 radical (unpaired) electrons. The normalized spacial score (nSPS) is 14.1. The minimum Gasteiger partial charge on any atom is -0.497 e. The van der Waals surface area contributed by atoms with E-state index in [1.165, 1.54) is 0 Å². The predicted molar refractivity (Wildman–Crippen MR) is 77.1 cm³/mol. The summed E-state index contributed by atoms with van der Waals surface area (Å²) in [6, 6.07) is 7.70. The molecular weight excluding hydrogens is 294 g/mol. The van der Waals surface area contributed by atoms with E-state index in [-0.39, 0.29) is 22.7 Å². The van der Waals surface area contributed by atoms with E-state index in [1.54, 1.807) is 7.11 Å². The lowest BCUT2D eigenvalue weighted by atomic mass is 10.1. The van der Waals surface area contributed by atoms with Gasteiger partial charge in [0.1, 0.15) is 5.75 Å². The quantitative estimate of drug-likeness (QED) is 0.847. The molecular formula is C14H20BrNO2. The van der Waals surface area contributed by atoms with Gasteiger partial charge in [-0.15, -0.1) is 0 Å². The summed E-state index contributed by atoms with van der Waals surface area (Å²) < 4.78 is 5.10. The largest absolute Gasteiger partial charge is 0.497 e. The van der Waals surface area contributed by atoms with Gasteiger partial charge in [-0.25, -0.2) is 0 Å². The van der Waals surface area contributed by atoms with Crippen molar-refractivity contribution in [2.45, 2.75) is 31.6 Å². The number of hydrogen-bond acceptors (Lipinski definition) is 2. The van der Waals surface area contributed by atoms with E-state index in [4.69, 9.17) is 4.74 Å². The number of carbonyl (C=O) groups is 1. The molecule has 0 aliphatic rings. The number of carbonyl (C=O) groups excluding carboxylic acids is 1. The van der Waals surface area contributed by atoms with E-state index in [2.05, 4.69) is 21.2 Å². The highest BCUT2D eigenvalue weighted by molar-refractivity contribution is 9.10. The molecule has 4 heteroatoms. The van der Waals surface area contributed by atoms with Crippen molar-refractivity contribution >= 4 is 21.8 Å². The number of halogens is 1. The van der Waals surface area contributed by atoms with E-state index < -0.39 is 0 Å². The molecule has 0 bridgehead atoms. The number of benzene rings is 1. The second kappa shape index (κ2) is 6.78. The fraction of sp³-hybridized carbons (Fsp3) is 0.500. The van der Waals surface area contributed by atoms with Crippen molar-refractivity contribution in [1.82, 2.24) is 5.32 Å². The number of alkyl halides is 1. The molecule has 3 nitrogen and oxygen atoms in total. The van der Waals surface area contributed by atoms with Crippen molar-refractivity contribution in [3.63, 3.8) is 0 Å². The predicted octanol–water partition coefficient (Wildman–Crippen LogP) is 3.29. The van der Waals surface area contributed by atoms with Crippen LogP contribution in [0.5, 0.6) is 5.75 Å². The number of hydrogen-bond donors (Lipinski definition) is 1. The SMILES string of the molecule is COc1ccc([C@@H](C)NC(=O)C(Br)C(C)C)cc1. The van der Waals surface area contributed by atoms with Crippen molar-refractivity contribution in [2.24, 2.45) is 5.92 Å². The van der Waals surface area contributed by atoms with Crippen LogP contribution >= 0.6 is 15.9 Å². The third-order valence-corrected chi connectivity index (χ3v) is 4.28. The summed E-state index contributed by atoms with van der Waals surface area (Å²) >= 11 is 3.40. The zero-order chi connectivity index (χ0) is 13.7. The Morgan fingerprint density at radius 1 is 1.22 bits per heavy atom. The van der Waals surface area contributed by atoms with E-state index in [0.29, 0.717) is 0 Å². The van der Waals surface area contributed by atoms with Gasteiger partial charge in [0.05, 0.1) is 18.0 Å². The van der Waals surface area contributed by atoms with Crippen LogP contribution in [0.1, 0.15) is 32.4 Å². The lowest BCUT2D eigenvalue weighted by molar-refractivity contribution is -0.121. The maximum absolute atomic E-state index is 11.9. The maximum atomic E-state index is 11.9. The minimum absolute atomic E-state index is 0.0118. The summed E-state index contributed by atoms with van der Waals surface area (Å²) in [5, 5.41) is 2.99. The second-order valence-electron chi connectivity index (χ2n) is 4.65. The second-order valence-corrected chi connectivity index (χ2v) is 5.64. The van der Waals surface area contributed by atoms with Gasteiger partial charge in [-0.3, -0.25) is 4.79 Å². The molecule has 2 atom stereocenters. The first-order valence-electron chi connectivity index (χ1n) is 6.04. The summed E-state index contributed by atoms with van der Waals surface area (Å²) in [5.41, 5.74) is 1.06. The summed E-state index contributed by atoms with van der Waals surface area (Å²) in [7, 11) is 1.64. The van der Waals surface area contributed by atoms with E-state index >= 15 is 0 Å². The third-order valence-electron chi connectivity index (χ3n) is 2.81. The average Bonchev–Trinajstić information content (AvgIpc) is 2.37. The molecule has 0 heterocycles. The number of nitrogens with one attached hydrogen (secondary N) is 1. The van der Waals surface area contributed by atoms with E-state index in [0.717, 1.165) is 11.3 Å². The number of ether oxygens (including phenoxy) is 1. The lowest BCUT2D eigenvalue weighted by Gasteiger charge is -2.19. The van der Waals surface area contributed by atoms with Crippen LogP contribution < -0.4 is 10.1 Å². The van der Waals surface area contributed by atoms with Crippen LogP contribution in [0.2, 0.25) is 0 Å². The van der Waals surface area contributed by atoms with Crippen LogP contribution in [0.15, 0.2) is 24.3 Å². The van der Waals surface area contributed by atoms with E-state index in [1.807, 2.05) is 45.0 Å². The zero-order valence-electron chi connectivity index (χ0n) is 11.2. The Bertz CT molecular complexity index is 389. The van der Waals surface area contributed by atoms with Gasteiger partial charge < -0.3 is 10.1 Å². The molecule has 1 rings (SSSR count). The van der Waals surface area contributed by atoms with Crippen molar-refractivity contribution in [3.05, 3.63) is 29.8 Å². The molecule has 18 heavy (non-hydrogen) atoms. The first-order valence-corrected chi connectivity index (χ1v) is 6.95. The van der Waals surface area contributed by atoms with Gasteiger partial charge in [0, 0.05) is 0 Å². The van der Waals surface area contributed by atoms with Crippen LogP contribution in [0.25, 0.3) is 0 Å². The van der Waals surface area contributed by atoms with Crippen LogP contribution in [0.4, 0.5) is 0 Å². The highest BCUT2D eigenvalue weighted by Gasteiger charge is 2.20. The maximum Gasteiger partial charge on any atom is 0.234 e. The Morgan fingerprint density at radius 2 is 1.78 bits per heavy atom. The minimum atomic E-state index is -0.154. The molecule has 0 aromatic heterocycles. The first-order chi connectivity index (χ1) is 8.45. The highest BCUT2D eigenvalue weighted by Crippen LogP contribution is 2.19. The Balaban J connectivity index is 2.64. The summed E-state index contributed by atoms with van der Waals surface area (Å²) in [6.45, 7) is 5.99. The van der Waals surface area contributed by atoms with Crippen molar-refractivity contribution in [2.75, 3.05) is 7.11 Å². The number of amides is 1. The molecule has 0 saturated carbocycles. The number of rotatable bonds is 5. The Hall–Kier alpha value is -1.03. The number of methoxy groups -OCH3 is 1.